The number of hydrogen-bond acceptors (Lipinski definition) is 4. The van der Waals surface area contributed by atoms with Gasteiger partial charge in [0.25, 0.3) is 5.56 Å². The Morgan fingerprint density at radius 2 is 1.83 bits per heavy atom. The van der Waals surface area contributed by atoms with Crippen molar-refractivity contribution < 1.29 is 4.74 Å². The van der Waals surface area contributed by atoms with E-state index >= 15 is 0 Å². The lowest BCUT2D eigenvalue weighted by Crippen LogP contribution is -2.22. The first kappa shape index (κ1) is 19.1. The summed E-state index contributed by atoms with van der Waals surface area (Å²) in [6.07, 6.45) is 1.80. The fraction of sp³-hybridized carbons (Fsp3) is 0.0435. The molecule has 0 radical (unpaired) electrons. The number of hydrogen-bond donors (Lipinski definition) is 0. The molecular weight excluding hydrogens is 439 g/mol. The smallest absolute Gasteiger partial charge is 0.274 e. The van der Waals surface area contributed by atoms with E-state index in [1.165, 1.54) is 11.3 Å². The molecule has 0 saturated heterocycles. The number of ether oxygens (including phenoxy) is 1. The number of halogens is 2. The van der Waals surface area contributed by atoms with Gasteiger partial charge >= 0.3 is 0 Å². The number of para-hydroxylation sites is 2. The minimum absolute atomic E-state index is 0.107. The van der Waals surface area contributed by atoms with Gasteiger partial charge in [-0.25, -0.2) is 9.38 Å². The molecule has 0 amide bonds. The van der Waals surface area contributed by atoms with Crippen LogP contribution in [0.25, 0.3) is 22.1 Å². The number of aromatic nitrogens is 2. The lowest BCUT2D eigenvalue weighted by molar-refractivity contribution is 0.305. The molecule has 30 heavy (non-hydrogen) atoms. The van der Waals surface area contributed by atoms with Crippen LogP contribution in [0.2, 0.25) is 10.0 Å². The van der Waals surface area contributed by atoms with E-state index in [9.17, 15) is 4.79 Å². The molecule has 0 spiro atoms. The summed E-state index contributed by atoms with van der Waals surface area (Å²) in [7, 11) is 0. The number of imidazole rings is 1. The van der Waals surface area contributed by atoms with Gasteiger partial charge in [0.2, 0.25) is 0 Å². The van der Waals surface area contributed by atoms with Gasteiger partial charge in [0, 0.05) is 15.6 Å². The summed E-state index contributed by atoms with van der Waals surface area (Å²) in [6, 6.07) is 20.5. The van der Waals surface area contributed by atoms with Crippen molar-refractivity contribution in [2.75, 3.05) is 0 Å². The lowest BCUT2D eigenvalue weighted by Gasteiger charge is -2.10. The highest BCUT2D eigenvalue weighted by Gasteiger charge is 2.11. The van der Waals surface area contributed by atoms with Crippen molar-refractivity contribution in [2.24, 2.45) is 0 Å². The van der Waals surface area contributed by atoms with Crippen molar-refractivity contribution in [3.63, 3.8) is 0 Å². The van der Waals surface area contributed by atoms with Crippen molar-refractivity contribution >= 4 is 56.6 Å². The summed E-state index contributed by atoms with van der Waals surface area (Å²) < 4.78 is 8.21. The van der Waals surface area contributed by atoms with Crippen molar-refractivity contribution in [3.8, 4) is 5.75 Å². The molecular formula is C23H14Cl2N2O2S. The molecule has 0 aliphatic carbocycles. The topological polar surface area (TPSA) is 43.6 Å². The predicted molar refractivity (Wildman–Crippen MR) is 123 cm³/mol. The number of nitrogens with zero attached hydrogens (tertiary/aromatic N) is 2. The SMILES string of the molecule is O=c1/c(=C/c2cc(Cl)ccc2OCc2cccc(Cl)c2)sc2nc3ccccc3n12. The zero-order valence-corrected chi connectivity index (χ0v) is 17.8. The molecule has 0 atom stereocenters. The molecule has 0 aliphatic heterocycles. The summed E-state index contributed by atoms with van der Waals surface area (Å²) in [5.74, 6) is 0.634. The van der Waals surface area contributed by atoms with E-state index < -0.39 is 0 Å². The highest BCUT2D eigenvalue weighted by molar-refractivity contribution is 7.15. The number of fused-ring (bicyclic) bond motifs is 3. The van der Waals surface area contributed by atoms with Crippen LogP contribution in [0.3, 0.4) is 0 Å². The van der Waals surface area contributed by atoms with Crippen molar-refractivity contribution in [1.29, 1.82) is 0 Å². The molecule has 0 bridgehead atoms. The van der Waals surface area contributed by atoms with E-state index in [2.05, 4.69) is 4.98 Å². The Kier molecular flexibility index (Phi) is 4.95. The van der Waals surface area contributed by atoms with Gasteiger partial charge < -0.3 is 4.74 Å². The van der Waals surface area contributed by atoms with Gasteiger partial charge in [0.1, 0.15) is 12.4 Å². The molecule has 148 valence electrons. The van der Waals surface area contributed by atoms with Crippen molar-refractivity contribution in [3.05, 3.63) is 103 Å². The Balaban J connectivity index is 1.57. The van der Waals surface area contributed by atoms with Gasteiger partial charge in [-0.05, 0) is 54.1 Å². The van der Waals surface area contributed by atoms with Crippen LogP contribution in [0.5, 0.6) is 5.75 Å². The van der Waals surface area contributed by atoms with E-state index in [1.54, 1.807) is 28.7 Å². The van der Waals surface area contributed by atoms with Crippen LogP contribution in [0.15, 0.2) is 71.5 Å². The summed E-state index contributed by atoms with van der Waals surface area (Å²) in [5, 5.41) is 1.22. The van der Waals surface area contributed by atoms with E-state index in [0.717, 1.165) is 22.2 Å². The molecule has 0 saturated carbocycles. The average Bonchev–Trinajstić information content (AvgIpc) is 3.24. The van der Waals surface area contributed by atoms with Crippen LogP contribution >= 0.6 is 34.5 Å². The van der Waals surface area contributed by atoms with Crippen LogP contribution in [0.4, 0.5) is 0 Å². The maximum absolute atomic E-state index is 13.0. The first-order valence-corrected chi connectivity index (χ1v) is 10.7. The van der Waals surface area contributed by atoms with Crippen molar-refractivity contribution in [1.82, 2.24) is 9.38 Å². The van der Waals surface area contributed by atoms with Crippen molar-refractivity contribution in [2.45, 2.75) is 6.61 Å². The standard InChI is InChI=1S/C23H14Cl2N2O2S/c24-16-5-3-4-14(10-16)13-29-20-9-8-17(25)11-15(20)12-21-22(28)27-19-7-2-1-6-18(19)26-23(27)30-21/h1-12H,13H2/b21-12-. The van der Waals surface area contributed by atoms with Crippen LogP contribution < -0.4 is 14.8 Å². The minimum Gasteiger partial charge on any atom is -0.488 e. The van der Waals surface area contributed by atoms with Crippen LogP contribution in [-0.2, 0) is 6.61 Å². The molecule has 0 unspecified atom stereocenters. The highest BCUT2D eigenvalue weighted by Crippen LogP contribution is 2.25. The molecule has 3 aromatic carbocycles. The van der Waals surface area contributed by atoms with Gasteiger partial charge in [-0.1, -0.05) is 58.8 Å². The van der Waals surface area contributed by atoms with Crippen LogP contribution in [-0.4, -0.2) is 9.38 Å². The number of rotatable bonds is 4. The quantitative estimate of drug-likeness (QED) is 0.369. The summed E-state index contributed by atoms with van der Waals surface area (Å²) >= 11 is 13.6. The summed E-state index contributed by atoms with van der Waals surface area (Å²) in [4.78, 5) is 18.3. The fourth-order valence-corrected chi connectivity index (χ4v) is 4.68. The van der Waals surface area contributed by atoms with Crippen LogP contribution in [0, 0.1) is 0 Å². The summed E-state index contributed by atoms with van der Waals surface area (Å²) in [5.41, 5.74) is 3.19. The van der Waals surface area contributed by atoms with Gasteiger partial charge in [-0.3, -0.25) is 4.79 Å². The Labute approximate surface area is 185 Å². The first-order valence-electron chi connectivity index (χ1n) is 9.17. The molecule has 2 aromatic heterocycles. The molecule has 5 rings (SSSR count). The zero-order valence-electron chi connectivity index (χ0n) is 15.5. The normalized spacial score (nSPS) is 12.1. The third-order valence-corrected chi connectivity index (χ3v) is 6.13. The second-order valence-electron chi connectivity index (χ2n) is 6.74. The van der Waals surface area contributed by atoms with E-state index in [0.29, 0.717) is 31.9 Å². The Hall–Kier alpha value is -2.86. The third-order valence-electron chi connectivity index (χ3n) is 4.69. The number of thiazole rings is 1. The number of benzene rings is 3. The second-order valence-corrected chi connectivity index (χ2v) is 8.62. The highest BCUT2D eigenvalue weighted by atomic mass is 35.5. The largest absolute Gasteiger partial charge is 0.488 e. The lowest BCUT2D eigenvalue weighted by atomic mass is 10.2. The molecule has 7 heteroatoms. The average molecular weight is 453 g/mol. The molecule has 5 aromatic rings. The van der Waals surface area contributed by atoms with E-state index in [1.807, 2.05) is 48.5 Å². The Morgan fingerprint density at radius 3 is 2.70 bits per heavy atom. The first-order chi connectivity index (χ1) is 14.6. The summed E-state index contributed by atoms with van der Waals surface area (Å²) in [6.45, 7) is 0.353. The molecule has 0 N–H and O–H groups in total. The van der Waals surface area contributed by atoms with Gasteiger partial charge in [-0.2, -0.15) is 0 Å². The Bertz CT molecular complexity index is 1510. The minimum atomic E-state index is -0.107. The monoisotopic (exact) mass is 452 g/mol. The Morgan fingerprint density at radius 1 is 1.00 bits per heavy atom. The maximum Gasteiger partial charge on any atom is 0.274 e. The van der Waals surface area contributed by atoms with Gasteiger partial charge in [-0.15, -0.1) is 0 Å². The maximum atomic E-state index is 13.0. The third kappa shape index (κ3) is 3.56. The second kappa shape index (κ2) is 7.76. The predicted octanol–water partition coefficient (Wildman–Crippen LogP) is 5.34. The van der Waals surface area contributed by atoms with E-state index in [-0.39, 0.29) is 5.56 Å². The van der Waals surface area contributed by atoms with Gasteiger partial charge in [0.05, 0.1) is 15.6 Å². The molecule has 0 fully saturated rings. The van der Waals surface area contributed by atoms with E-state index in [4.69, 9.17) is 27.9 Å². The van der Waals surface area contributed by atoms with Crippen LogP contribution in [0.1, 0.15) is 11.1 Å². The molecule has 2 heterocycles. The zero-order chi connectivity index (χ0) is 20.7. The van der Waals surface area contributed by atoms with Gasteiger partial charge in [0.15, 0.2) is 4.96 Å². The molecule has 0 aliphatic rings. The fourth-order valence-electron chi connectivity index (χ4n) is 3.30. The molecule has 4 nitrogen and oxygen atoms in total.